The van der Waals surface area contributed by atoms with Gasteiger partial charge in [-0.1, -0.05) is 0 Å². The van der Waals surface area contributed by atoms with Gasteiger partial charge in [0.2, 0.25) is 10.0 Å². The van der Waals surface area contributed by atoms with E-state index in [1.807, 2.05) is 12.1 Å². The average Bonchev–Trinajstić information content (AvgIpc) is 2.41. The van der Waals surface area contributed by atoms with Gasteiger partial charge in [0.25, 0.3) is 0 Å². The molecule has 6 heteroatoms. The Hall–Kier alpha value is -1.27. The number of anilines is 2. The van der Waals surface area contributed by atoms with E-state index in [0.717, 1.165) is 25.1 Å². The standard InChI is InChI=1S/C14H22N2O3S/c1-3-20(17,18)16-13-6-4-12(5-7-13)15-14-8-9-19-11(2)10-14/h4-7,11,14-16H,3,8-10H2,1-2H3. The molecular formula is C14H22N2O3S. The van der Waals surface area contributed by atoms with E-state index in [-0.39, 0.29) is 11.9 Å². The fraction of sp³-hybridized carbons (Fsp3) is 0.571. The highest BCUT2D eigenvalue weighted by Crippen LogP contribution is 2.20. The maximum Gasteiger partial charge on any atom is 0.232 e. The molecule has 1 aromatic rings. The van der Waals surface area contributed by atoms with Crippen molar-refractivity contribution >= 4 is 21.4 Å². The van der Waals surface area contributed by atoms with Gasteiger partial charge in [-0.25, -0.2) is 8.42 Å². The van der Waals surface area contributed by atoms with E-state index in [0.29, 0.717) is 11.7 Å². The quantitative estimate of drug-likeness (QED) is 0.876. The zero-order valence-corrected chi connectivity index (χ0v) is 12.7. The molecule has 0 amide bonds. The summed E-state index contributed by atoms with van der Waals surface area (Å²) in [6, 6.07) is 7.76. The molecule has 0 bridgehead atoms. The Labute approximate surface area is 120 Å². The zero-order chi connectivity index (χ0) is 14.6. The second-order valence-electron chi connectivity index (χ2n) is 5.13. The van der Waals surface area contributed by atoms with Crippen LogP contribution < -0.4 is 10.0 Å². The van der Waals surface area contributed by atoms with Crippen molar-refractivity contribution in [1.29, 1.82) is 0 Å². The third-order valence-electron chi connectivity index (χ3n) is 3.39. The number of rotatable bonds is 5. The lowest BCUT2D eigenvalue weighted by Crippen LogP contribution is -2.32. The van der Waals surface area contributed by atoms with E-state index in [2.05, 4.69) is 17.0 Å². The number of hydrogen-bond donors (Lipinski definition) is 2. The van der Waals surface area contributed by atoms with Crippen molar-refractivity contribution in [1.82, 2.24) is 0 Å². The first-order valence-electron chi connectivity index (χ1n) is 6.97. The summed E-state index contributed by atoms with van der Waals surface area (Å²) in [6.07, 6.45) is 2.27. The molecule has 1 aliphatic rings. The molecule has 1 fully saturated rings. The fourth-order valence-electron chi connectivity index (χ4n) is 2.25. The Balaban J connectivity index is 1.94. The van der Waals surface area contributed by atoms with Crippen LogP contribution in [0.3, 0.4) is 0 Å². The van der Waals surface area contributed by atoms with E-state index >= 15 is 0 Å². The maximum absolute atomic E-state index is 11.5. The molecular weight excluding hydrogens is 276 g/mol. The third kappa shape index (κ3) is 4.38. The molecule has 0 saturated carbocycles. The van der Waals surface area contributed by atoms with Gasteiger partial charge in [0.15, 0.2) is 0 Å². The van der Waals surface area contributed by atoms with E-state index in [1.165, 1.54) is 0 Å². The largest absolute Gasteiger partial charge is 0.382 e. The molecule has 2 atom stereocenters. The predicted molar refractivity (Wildman–Crippen MR) is 81.6 cm³/mol. The maximum atomic E-state index is 11.5. The Bertz CT molecular complexity index is 528. The van der Waals surface area contributed by atoms with Gasteiger partial charge < -0.3 is 10.1 Å². The molecule has 20 heavy (non-hydrogen) atoms. The summed E-state index contributed by atoms with van der Waals surface area (Å²) in [5.74, 6) is 0.0764. The van der Waals surface area contributed by atoms with Gasteiger partial charge in [0.1, 0.15) is 0 Å². The number of ether oxygens (including phenoxy) is 1. The Morgan fingerprint density at radius 1 is 1.25 bits per heavy atom. The molecule has 1 aromatic carbocycles. The summed E-state index contributed by atoms with van der Waals surface area (Å²) in [6.45, 7) is 4.48. The number of nitrogens with one attached hydrogen (secondary N) is 2. The molecule has 0 aliphatic carbocycles. The first-order valence-corrected chi connectivity index (χ1v) is 8.62. The molecule has 112 valence electrons. The highest BCUT2D eigenvalue weighted by molar-refractivity contribution is 7.92. The summed E-state index contributed by atoms with van der Waals surface area (Å²) < 4.78 is 31.0. The lowest BCUT2D eigenvalue weighted by Gasteiger charge is -2.28. The molecule has 1 aliphatic heterocycles. The Kier molecular flexibility index (Phi) is 4.88. The van der Waals surface area contributed by atoms with Crippen LogP contribution in [0.1, 0.15) is 26.7 Å². The van der Waals surface area contributed by atoms with Crippen LogP contribution >= 0.6 is 0 Å². The Morgan fingerprint density at radius 2 is 1.90 bits per heavy atom. The number of benzene rings is 1. The molecule has 0 aromatic heterocycles. The second kappa shape index (κ2) is 6.45. The first-order chi connectivity index (χ1) is 9.48. The molecule has 0 radical (unpaired) electrons. The summed E-state index contributed by atoms with van der Waals surface area (Å²) in [5.41, 5.74) is 1.60. The van der Waals surface area contributed by atoms with Crippen molar-refractivity contribution in [3.63, 3.8) is 0 Å². The monoisotopic (exact) mass is 298 g/mol. The van der Waals surface area contributed by atoms with E-state index in [9.17, 15) is 8.42 Å². The lowest BCUT2D eigenvalue weighted by molar-refractivity contribution is 0.0232. The highest BCUT2D eigenvalue weighted by Gasteiger charge is 2.18. The van der Waals surface area contributed by atoms with Crippen LogP contribution in [-0.4, -0.2) is 32.9 Å². The van der Waals surface area contributed by atoms with Gasteiger partial charge in [0.05, 0.1) is 11.9 Å². The smallest absolute Gasteiger partial charge is 0.232 e. The van der Waals surface area contributed by atoms with Crippen LogP contribution in [0, 0.1) is 0 Å². The van der Waals surface area contributed by atoms with Crippen LogP contribution in [0.25, 0.3) is 0 Å². The number of hydrogen-bond acceptors (Lipinski definition) is 4. The second-order valence-corrected chi connectivity index (χ2v) is 7.14. The van der Waals surface area contributed by atoms with Crippen molar-refractivity contribution in [2.45, 2.75) is 38.8 Å². The van der Waals surface area contributed by atoms with Gasteiger partial charge in [-0.2, -0.15) is 0 Å². The topological polar surface area (TPSA) is 67.4 Å². The zero-order valence-electron chi connectivity index (χ0n) is 11.9. The Morgan fingerprint density at radius 3 is 2.50 bits per heavy atom. The SMILES string of the molecule is CCS(=O)(=O)Nc1ccc(NC2CCOC(C)C2)cc1. The van der Waals surface area contributed by atoms with Crippen LogP contribution in [-0.2, 0) is 14.8 Å². The van der Waals surface area contributed by atoms with Gasteiger partial charge in [-0.05, 0) is 51.0 Å². The van der Waals surface area contributed by atoms with Crippen LogP contribution in [0.2, 0.25) is 0 Å². The molecule has 1 heterocycles. The number of sulfonamides is 1. The van der Waals surface area contributed by atoms with E-state index < -0.39 is 10.0 Å². The van der Waals surface area contributed by atoms with Crippen molar-refractivity contribution in [2.75, 3.05) is 22.4 Å². The van der Waals surface area contributed by atoms with Gasteiger partial charge in [-0.3, -0.25) is 4.72 Å². The van der Waals surface area contributed by atoms with Gasteiger partial charge >= 0.3 is 0 Å². The normalized spacial score (nSPS) is 23.3. The van der Waals surface area contributed by atoms with Crippen LogP contribution in [0.5, 0.6) is 0 Å². The minimum absolute atomic E-state index is 0.0764. The molecule has 0 spiro atoms. The average molecular weight is 298 g/mol. The first kappa shape index (κ1) is 15.1. The van der Waals surface area contributed by atoms with Crippen molar-refractivity contribution in [2.24, 2.45) is 0 Å². The molecule has 2 unspecified atom stereocenters. The van der Waals surface area contributed by atoms with Crippen LogP contribution in [0.15, 0.2) is 24.3 Å². The fourth-order valence-corrected chi connectivity index (χ4v) is 2.89. The molecule has 1 saturated heterocycles. The van der Waals surface area contributed by atoms with E-state index in [1.54, 1.807) is 19.1 Å². The minimum atomic E-state index is -3.21. The van der Waals surface area contributed by atoms with Crippen LogP contribution in [0.4, 0.5) is 11.4 Å². The van der Waals surface area contributed by atoms with Gasteiger partial charge in [-0.15, -0.1) is 0 Å². The summed E-state index contributed by atoms with van der Waals surface area (Å²) in [4.78, 5) is 0. The lowest BCUT2D eigenvalue weighted by atomic mass is 10.0. The van der Waals surface area contributed by atoms with E-state index in [4.69, 9.17) is 4.74 Å². The molecule has 5 nitrogen and oxygen atoms in total. The summed E-state index contributed by atoms with van der Waals surface area (Å²) in [7, 11) is -3.21. The van der Waals surface area contributed by atoms with Crippen molar-refractivity contribution in [3.8, 4) is 0 Å². The van der Waals surface area contributed by atoms with Gasteiger partial charge in [0, 0.05) is 24.0 Å². The molecule has 2 rings (SSSR count). The van der Waals surface area contributed by atoms with Crippen molar-refractivity contribution in [3.05, 3.63) is 24.3 Å². The molecule has 2 N–H and O–H groups in total. The highest BCUT2D eigenvalue weighted by atomic mass is 32.2. The summed E-state index contributed by atoms with van der Waals surface area (Å²) in [5, 5.41) is 3.46. The van der Waals surface area contributed by atoms with Crippen molar-refractivity contribution < 1.29 is 13.2 Å². The minimum Gasteiger partial charge on any atom is -0.382 e. The third-order valence-corrected chi connectivity index (χ3v) is 4.70. The predicted octanol–water partition coefficient (Wildman–Crippen LogP) is 2.43. The summed E-state index contributed by atoms with van der Waals surface area (Å²) >= 11 is 0.